The Balaban J connectivity index is 1.79. The average Bonchev–Trinajstić information content (AvgIpc) is 2.96. The van der Waals surface area contributed by atoms with E-state index in [1.165, 1.54) is 0 Å². The molecule has 6 nitrogen and oxygen atoms in total. The lowest BCUT2D eigenvalue weighted by Crippen LogP contribution is -2.45. The van der Waals surface area contributed by atoms with Crippen molar-refractivity contribution in [2.45, 2.75) is 20.3 Å². The molecule has 0 aliphatic carbocycles. The monoisotopic (exact) mass is 328 g/mol. The highest BCUT2D eigenvalue weighted by molar-refractivity contribution is 5.93. The lowest BCUT2D eigenvalue weighted by Gasteiger charge is -2.34. The van der Waals surface area contributed by atoms with Crippen molar-refractivity contribution in [3.05, 3.63) is 41.8 Å². The number of nitrogens with zero attached hydrogens (tertiary/aromatic N) is 2. The summed E-state index contributed by atoms with van der Waals surface area (Å²) < 4.78 is 5.71. The normalized spacial score (nSPS) is 20.8. The lowest BCUT2D eigenvalue weighted by molar-refractivity contribution is -0.145. The minimum atomic E-state index is -0.795. The predicted octanol–water partition coefficient (Wildman–Crippen LogP) is 2.83. The summed E-state index contributed by atoms with van der Waals surface area (Å²) in [4.78, 5) is 29.9. The summed E-state index contributed by atoms with van der Waals surface area (Å²) in [5, 5.41) is 9.19. The molecule has 1 aliphatic rings. The summed E-state index contributed by atoms with van der Waals surface area (Å²) in [5.74, 6) is -0.851. The maximum atomic E-state index is 12.7. The van der Waals surface area contributed by atoms with E-state index >= 15 is 0 Å². The van der Waals surface area contributed by atoms with Crippen LogP contribution in [0.5, 0.6) is 0 Å². The number of hydrogen-bond acceptors (Lipinski definition) is 4. The highest BCUT2D eigenvalue weighted by Crippen LogP contribution is 2.27. The Labute approximate surface area is 140 Å². The highest BCUT2D eigenvalue weighted by atomic mass is 16.4. The number of oxazole rings is 1. The fourth-order valence-electron chi connectivity index (χ4n) is 3.14. The van der Waals surface area contributed by atoms with Crippen LogP contribution in [0.1, 0.15) is 29.6 Å². The maximum absolute atomic E-state index is 12.7. The first-order valence-corrected chi connectivity index (χ1v) is 8.02. The number of amides is 1. The van der Waals surface area contributed by atoms with Crippen LogP contribution >= 0.6 is 0 Å². The van der Waals surface area contributed by atoms with Gasteiger partial charge in [0.05, 0.1) is 11.6 Å². The van der Waals surface area contributed by atoms with Crippen molar-refractivity contribution in [1.82, 2.24) is 9.88 Å². The van der Waals surface area contributed by atoms with Gasteiger partial charge in [0.2, 0.25) is 11.7 Å². The summed E-state index contributed by atoms with van der Waals surface area (Å²) in [7, 11) is 0. The van der Waals surface area contributed by atoms with Gasteiger partial charge in [-0.15, -0.1) is 0 Å². The fourth-order valence-corrected chi connectivity index (χ4v) is 3.14. The molecule has 2 heterocycles. The zero-order chi connectivity index (χ0) is 17.3. The Morgan fingerprint density at radius 1 is 1.29 bits per heavy atom. The highest BCUT2D eigenvalue weighted by Gasteiger charge is 2.34. The van der Waals surface area contributed by atoms with Crippen LogP contribution in [-0.2, 0) is 4.79 Å². The fraction of sp³-hybridized carbons (Fsp3) is 0.389. The smallest absolute Gasteiger partial charge is 0.306 e. The van der Waals surface area contributed by atoms with Gasteiger partial charge in [0, 0.05) is 18.7 Å². The molecule has 0 radical (unpaired) electrons. The number of likely N-dealkylation sites (tertiary alicyclic amines) is 1. The van der Waals surface area contributed by atoms with E-state index in [4.69, 9.17) is 4.42 Å². The number of aryl methyl sites for hydroxylation is 1. The second kappa shape index (κ2) is 6.47. The molecular weight excluding hydrogens is 308 g/mol. The number of carboxylic acids is 1. The largest absolute Gasteiger partial charge is 0.481 e. The number of rotatable bonds is 3. The van der Waals surface area contributed by atoms with Crippen molar-refractivity contribution in [2.75, 3.05) is 13.1 Å². The number of carbonyl (C=O) groups is 2. The topological polar surface area (TPSA) is 83.6 Å². The van der Waals surface area contributed by atoms with E-state index in [-0.39, 0.29) is 17.6 Å². The Bertz CT molecular complexity index is 754. The molecule has 2 aromatic rings. The molecule has 0 spiro atoms. The number of carbonyl (C=O) groups excluding carboxylic acids is 1. The predicted molar refractivity (Wildman–Crippen MR) is 87.5 cm³/mol. The van der Waals surface area contributed by atoms with Crippen molar-refractivity contribution < 1.29 is 19.1 Å². The Morgan fingerprint density at radius 2 is 2.00 bits per heavy atom. The molecule has 0 bridgehead atoms. The van der Waals surface area contributed by atoms with Crippen molar-refractivity contribution in [2.24, 2.45) is 11.8 Å². The minimum absolute atomic E-state index is 0.0861. The van der Waals surface area contributed by atoms with Crippen molar-refractivity contribution in [3.63, 3.8) is 0 Å². The van der Waals surface area contributed by atoms with Gasteiger partial charge in [0.15, 0.2) is 0 Å². The van der Waals surface area contributed by atoms with Crippen LogP contribution < -0.4 is 0 Å². The van der Waals surface area contributed by atoms with E-state index < -0.39 is 11.9 Å². The third-order valence-corrected chi connectivity index (χ3v) is 4.52. The Morgan fingerprint density at radius 3 is 2.62 bits per heavy atom. The molecule has 1 aromatic heterocycles. The van der Waals surface area contributed by atoms with Gasteiger partial charge in [-0.2, -0.15) is 0 Å². The molecule has 1 saturated heterocycles. The summed E-state index contributed by atoms with van der Waals surface area (Å²) in [6.07, 6.45) is 0.459. The third-order valence-electron chi connectivity index (χ3n) is 4.52. The lowest BCUT2D eigenvalue weighted by atomic mass is 9.87. The number of benzene rings is 1. The molecule has 1 N–H and O–H groups in total. The molecule has 0 saturated carbocycles. The summed E-state index contributed by atoms with van der Waals surface area (Å²) >= 11 is 0. The van der Waals surface area contributed by atoms with Gasteiger partial charge in [-0.3, -0.25) is 9.59 Å². The Kier molecular flexibility index (Phi) is 4.38. The van der Waals surface area contributed by atoms with Gasteiger partial charge in [0.25, 0.3) is 5.91 Å². The van der Waals surface area contributed by atoms with Gasteiger partial charge in [-0.25, -0.2) is 4.98 Å². The molecule has 1 aromatic carbocycles. The van der Waals surface area contributed by atoms with E-state index in [9.17, 15) is 14.7 Å². The molecular formula is C18H20N2O4. The zero-order valence-electron chi connectivity index (χ0n) is 13.7. The Hall–Kier alpha value is -2.63. The van der Waals surface area contributed by atoms with Crippen molar-refractivity contribution >= 4 is 11.9 Å². The number of aliphatic carboxylic acids is 1. The van der Waals surface area contributed by atoms with Crippen molar-refractivity contribution in [1.29, 1.82) is 0 Å². The van der Waals surface area contributed by atoms with Crippen LogP contribution in [0, 0.1) is 18.8 Å². The quantitative estimate of drug-likeness (QED) is 0.936. The van der Waals surface area contributed by atoms with Crippen LogP contribution in [0.15, 0.2) is 34.7 Å². The summed E-state index contributed by atoms with van der Waals surface area (Å²) in [6.45, 7) is 4.44. The number of hydrogen-bond donors (Lipinski definition) is 1. The van der Waals surface area contributed by atoms with Crippen LogP contribution in [-0.4, -0.2) is 40.0 Å². The maximum Gasteiger partial charge on any atom is 0.306 e. The molecule has 24 heavy (non-hydrogen) atoms. The van der Waals surface area contributed by atoms with Crippen LogP contribution in [0.2, 0.25) is 0 Å². The first-order chi connectivity index (χ1) is 11.5. The van der Waals surface area contributed by atoms with Crippen LogP contribution in [0.25, 0.3) is 11.5 Å². The second-order valence-corrected chi connectivity index (χ2v) is 6.26. The van der Waals surface area contributed by atoms with Crippen LogP contribution in [0.3, 0.4) is 0 Å². The second-order valence-electron chi connectivity index (χ2n) is 6.26. The molecule has 1 amide bonds. The first kappa shape index (κ1) is 16.2. The molecule has 126 valence electrons. The van der Waals surface area contributed by atoms with Gasteiger partial charge >= 0.3 is 5.97 Å². The van der Waals surface area contributed by atoms with Gasteiger partial charge in [-0.1, -0.05) is 25.1 Å². The van der Waals surface area contributed by atoms with E-state index in [1.54, 1.807) is 11.8 Å². The molecule has 3 rings (SSSR count). The number of carboxylic acid groups (broad SMARTS) is 1. The molecule has 1 aliphatic heterocycles. The van der Waals surface area contributed by atoms with E-state index in [2.05, 4.69) is 4.98 Å². The molecule has 6 heteroatoms. The van der Waals surface area contributed by atoms with E-state index in [1.807, 2.05) is 37.3 Å². The van der Waals surface area contributed by atoms with Crippen molar-refractivity contribution in [3.8, 4) is 11.5 Å². The SMILES string of the molecule is Cc1nc(-c2ccccc2)oc1C(=O)N1CCC(C(=O)O)C(C)C1. The molecule has 2 unspecified atom stereocenters. The molecule has 1 fully saturated rings. The van der Waals surface area contributed by atoms with Gasteiger partial charge < -0.3 is 14.4 Å². The standard InChI is InChI=1S/C18H20N2O4/c1-11-10-20(9-8-14(11)18(22)23)17(21)15-12(2)19-16(24-15)13-6-4-3-5-7-13/h3-7,11,14H,8-10H2,1-2H3,(H,22,23). The zero-order valence-corrected chi connectivity index (χ0v) is 13.7. The average molecular weight is 328 g/mol. The van der Waals surface area contributed by atoms with Crippen LogP contribution in [0.4, 0.5) is 0 Å². The van der Waals surface area contributed by atoms with E-state index in [0.717, 1.165) is 5.56 Å². The first-order valence-electron chi connectivity index (χ1n) is 8.02. The number of aromatic nitrogens is 1. The summed E-state index contributed by atoms with van der Waals surface area (Å²) in [6, 6.07) is 9.42. The molecule has 2 atom stereocenters. The third kappa shape index (κ3) is 3.04. The minimum Gasteiger partial charge on any atom is -0.481 e. The van der Waals surface area contributed by atoms with Gasteiger partial charge in [0.1, 0.15) is 0 Å². The summed E-state index contributed by atoms with van der Waals surface area (Å²) in [5.41, 5.74) is 1.37. The van der Waals surface area contributed by atoms with Gasteiger partial charge in [-0.05, 0) is 31.4 Å². The van der Waals surface area contributed by atoms with E-state index in [0.29, 0.717) is 31.1 Å². The number of piperidine rings is 1.